The Balaban J connectivity index is 1.44. The Bertz CT molecular complexity index is 1020. The molecule has 2 aromatic carbocycles. The molecule has 1 N–H and O–H groups in total. The Hall–Kier alpha value is -2.22. The SMILES string of the molecule is O=S(=O)(c1ccc(-c2csc(NCc3ccccc3)n2)cc1)N1CCCCCC1. The summed E-state index contributed by atoms with van der Waals surface area (Å²) in [5, 5.41) is 6.18. The van der Waals surface area contributed by atoms with Crippen LogP contribution in [-0.2, 0) is 16.6 Å². The quantitative estimate of drug-likeness (QED) is 0.602. The van der Waals surface area contributed by atoms with Crippen molar-refractivity contribution in [3.05, 3.63) is 65.5 Å². The minimum atomic E-state index is -3.42. The first-order valence-electron chi connectivity index (χ1n) is 9.97. The zero-order valence-electron chi connectivity index (χ0n) is 16.3. The highest BCUT2D eigenvalue weighted by Crippen LogP contribution is 2.27. The number of sulfonamides is 1. The number of anilines is 1. The first kappa shape index (κ1) is 20.1. The van der Waals surface area contributed by atoms with Crippen molar-refractivity contribution < 1.29 is 8.42 Å². The van der Waals surface area contributed by atoms with Gasteiger partial charge in [0.25, 0.3) is 0 Å². The molecule has 0 saturated carbocycles. The molecule has 1 aliphatic heterocycles. The van der Waals surface area contributed by atoms with Crippen LogP contribution >= 0.6 is 11.3 Å². The van der Waals surface area contributed by atoms with Gasteiger partial charge in [0, 0.05) is 30.6 Å². The average molecular weight is 428 g/mol. The highest BCUT2D eigenvalue weighted by atomic mass is 32.2. The Morgan fingerprint density at radius 3 is 2.31 bits per heavy atom. The molecular weight excluding hydrogens is 402 g/mol. The van der Waals surface area contributed by atoms with E-state index >= 15 is 0 Å². The second kappa shape index (κ2) is 9.07. The summed E-state index contributed by atoms with van der Waals surface area (Å²) >= 11 is 1.55. The third kappa shape index (κ3) is 4.86. The topological polar surface area (TPSA) is 62.3 Å². The molecule has 0 bridgehead atoms. The molecule has 0 radical (unpaired) electrons. The van der Waals surface area contributed by atoms with E-state index in [4.69, 9.17) is 0 Å². The van der Waals surface area contributed by atoms with Gasteiger partial charge in [0.1, 0.15) is 0 Å². The Kier molecular flexibility index (Phi) is 6.28. The molecule has 4 rings (SSSR count). The predicted molar refractivity (Wildman–Crippen MR) is 119 cm³/mol. The molecule has 0 atom stereocenters. The molecular formula is C22H25N3O2S2. The number of hydrogen-bond donors (Lipinski definition) is 1. The van der Waals surface area contributed by atoms with Gasteiger partial charge in [-0.05, 0) is 30.5 Å². The summed E-state index contributed by atoms with van der Waals surface area (Å²) < 4.78 is 27.5. The molecule has 0 unspecified atom stereocenters. The van der Waals surface area contributed by atoms with Crippen molar-refractivity contribution >= 4 is 26.5 Å². The van der Waals surface area contributed by atoms with Gasteiger partial charge in [-0.25, -0.2) is 13.4 Å². The molecule has 29 heavy (non-hydrogen) atoms. The third-order valence-corrected chi connectivity index (χ3v) is 7.86. The molecule has 1 saturated heterocycles. The fourth-order valence-corrected chi connectivity index (χ4v) is 5.73. The maximum absolute atomic E-state index is 12.9. The van der Waals surface area contributed by atoms with Gasteiger partial charge in [-0.15, -0.1) is 11.3 Å². The Labute approximate surface area is 176 Å². The van der Waals surface area contributed by atoms with Gasteiger partial charge in [-0.1, -0.05) is 55.3 Å². The van der Waals surface area contributed by atoms with Gasteiger partial charge >= 0.3 is 0 Å². The van der Waals surface area contributed by atoms with Crippen LogP contribution in [0, 0.1) is 0 Å². The van der Waals surface area contributed by atoms with E-state index in [1.54, 1.807) is 27.8 Å². The van der Waals surface area contributed by atoms with Gasteiger partial charge in [0.15, 0.2) is 5.13 Å². The van der Waals surface area contributed by atoms with Gasteiger partial charge in [-0.2, -0.15) is 4.31 Å². The molecule has 2 heterocycles. The highest BCUT2D eigenvalue weighted by molar-refractivity contribution is 7.89. The van der Waals surface area contributed by atoms with E-state index in [0.29, 0.717) is 18.0 Å². The van der Waals surface area contributed by atoms with Crippen LogP contribution in [-0.4, -0.2) is 30.8 Å². The smallest absolute Gasteiger partial charge is 0.243 e. The van der Waals surface area contributed by atoms with Crippen molar-refractivity contribution in [2.24, 2.45) is 0 Å². The van der Waals surface area contributed by atoms with E-state index in [0.717, 1.165) is 48.6 Å². The second-order valence-electron chi connectivity index (χ2n) is 7.22. The average Bonchev–Trinajstić information content (AvgIpc) is 3.05. The van der Waals surface area contributed by atoms with Crippen LogP contribution < -0.4 is 5.32 Å². The van der Waals surface area contributed by atoms with E-state index in [1.807, 2.05) is 35.7 Å². The number of thiazole rings is 1. The molecule has 1 fully saturated rings. The normalized spacial score (nSPS) is 15.7. The molecule has 1 aliphatic rings. The minimum absolute atomic E-state index is 0.362. The summed E-state index contributed by atoms with van der Waals surface area (Å²) in [6.07, 6.45) is 4.09. The number of benzene rings is 2. The number of nitrogens with one attached hydrogen (secondary N) is 1. The van der Waals surface area contributed by atoms with Crippen molar-refractivity contribution in [3.63, 3.8) is 0 Å². The predicted octanol–water partition coefficient (Wildman–Crippen LogP) is 4.99. The number of aromatic nitrogens is 1. The Morgan fingerprint density at radius 1 is 0.931 bits per heavy atom. The van der Waals surface area contributed by atoms with E-state index in [-0.39, 0.29) is 0 Å². The lowest BCUT2D eigenvalue weighted by Gasteiger charge is -2.19. The largest absolute Gasteiger partial charge is 0.357 e. The zero-order chi connectivity index (χ0) is 20.1. The molecule has 3 aromatic rings. The highest BCUT2D eigenvalue weighted by Gasteiger charge is 2.25. The number of hydrogen-bond acceptors (Lipinski definition) is 5. The lowest BCUT2D eigenvalue weighted by Crippen LogP contribution is -2.31. The molecule has 1 aromatic heterocycles. The summed E-state index contributed by atoms with van der Waals surface area (Å²) in [4.78, 5) is 5.00. The van der Waals surface area contributed by atoms with E-state index in [1.165, 1.54) is 5.56 Å². The molecule has 152 valence electrons. The van der Waals surface area contributed by atoms with Crippen molar-refractivity contribution in [3.8, 4) is 11.3 Å². The molecule has 7 heteroatoms. The molecule has 5 nitrogen and oxygen atoms in total. The van der Waals surface area contributed by atoms with Crippen LogP contribution in [0.2, 0.25) is 0 Å². The standard InChI is InChI=1S/C22H25N3O2S2/c26-29(27,25-14-6-1-2-7-15-25)20-12-10-19(11-13-20)21-17-28-22(24-21)23-16-18-8-4-3-5-9-18/h3-5,8-13,17H,1-2,6-7,14-16H2,(H,23,24). The molecule has 0 amide bonds. The van der Waals surface area contributed by atoms with Crippen LogP contribution in [0.15, 0.2) is 64.9 Å². The first-order valence-corrected chi connectivity index (χ1v) is 12.3. The Morgan fingerprint density at radius 2 is 1.62 bits per heavy atom. The van der Waals surface area contributed by atoms with Crippen LogP contribution in [0.25, 0.3) is 11.3 Å². The third-order valence-electron chi connectivity index (χ3n) is 5.14. The second-order valence-corrected chi connectivity index (χ2v) is 10.0. The van der Waals surface area contributed by atoms with Crippen molar-refractivity contribution in [2.45, 2.75) is 37.1 Å². The van der Waals surface area contributed by atoms with E-state index in [9.17, 15) is 8.42 Å². The van der Waals surface area contributed by atoms with Gasteiger partial charge in [0.2, 0.25) is 10.0 Å². The van der Waals surface area contributed by atoms with Gasteiger partial charge in [0.05, 0.1) is 10.6 Å². The minimum Gasteiger partial charge on any atom is -0.357 e. The van der Waals surface area contributed by atoms with Gasteiger partial charge in [-0.3, -0.25) is 0 Å². The van der Waals surface area contributed by atoms with E-state index < -0.39 is 10.0 Å². The van der Waals surface area contributed by atoms with Crippen molar-refractivity contribution in [1.29, 1.82) is 0 Å². The van der Waals surface area contributed by atoms with Crippen LogP contribution in [0.3, 0.4) is 0 Å². The maximum atomic E-state index is 12.9. The van der Waals surface area contributed by atoms with E-state index in [2.05, 4.69) is 22.4 Å². The van der Waals surface area contributed by atoms with Crippen LogP contribution in [0.1, 0.15) is 31.2 Å². The van der Waals surface area contributed by atoms with Crippen molar-refractivity contribution in [1.82, 2.24) is 9.29 Å². The summed E-state index contributed by atoms with van der Waals surface area (Å²) in [6.45, 7) is 1.96. The summed E-state index contributed by atoms with van der Waals surface area (Å²) in [6, 6.07) is 17.3. The summed E-state index contributed by atoms with van der Waals surface area (Å²) in [5.41, 5.74) is 2.97. The fourth-order valence-electron chi connectivity index (χ4n) is 3.49. The lowest BCUT2D eigenvalue weighted by atomic mass is 10.2. The van der Waals surface area contributed by atoms with Crippen molar-refractivity contribution in [2.75, 3.05) is 18.4 Å². The zero-order valence-corrected chi connectivity index (χ0v) is 17.9. The lowest BCUT2D eigenvalue weighted by molar-refractivity contribution is 0.424. The van der Waals surface area contributed by atoms with Crippen LogP contribution in [0.5, 0.6) is 0 Å². The maximum Gasteiger partial charge on any atom is 0.243 e. The number of rotatable bonds is 6. The van der Waals surface area contributed by atoms with Crippen LogP contribution in [0.4, 0.5) is 5.13 Å². The fraction of sp³-hybridized carbons (Fsp3) is 0.318. The first-order chi connectivity index (χ1) is 14.1. The number of nitrogens with zero attached hydrogens (tertiary/aromatic N) is 2. The monoisotopic (exact) mass is 427 g/mol. The summed E-state index contributed by atoms with van der Waals surface area (Å²) in [5.74, 6) is 0. The molecule has 0 aliphatic carbocycles. The van der Waals surface area contributed by atoms with Gasteiger partial charge < -0.3 is 5.32 Å². The molecule has 0 spiro atoms. The summed E-state index contributed by atoms with van der Waals surface area (Å²) in [7, 11) is -3.42.